The van der Waals surface area contributed by atoms with Gasteiger partial charge in [-0.05, 0) is 43.2 Å². The van der Waals surface area contributed by atoms with Crippen LogP contribution in [-0.4, -0.2) is 47.0 Å². The van der Waals surface area contributed by atoms with E-state index in [-0.39, 0.29) is 23.9 Å². The molecular formula is C21H31N3O4. The van der Waals surface area contributed by atoms with Gasteiger partial charge >= 0.3 is 12.0 Å². The van der Waals surface area contributed by atoms with Gasteiger partial charge in [-0.1, -0.05) is 39.0 Å². The molecule has 2 rings (SSSR count). The first kappa shape index (κ1) is 21.7. The lowest BCUT2D eigenvalue weighted by molar-refractivity contribution is -0.143. The Kier molecular flexibility index (Phi) is 7.43. The Bertz CT molecular complexity index is 685. The molecule has 1 aromatic rings. The van der Waals surface area contributed by atoms with Gasteiger partial charge in [0.1, 0.15) is 6.04 Å². The van der Waals surface area contributed by atoms with Crippen LogP contribution < -0.4 is 10.6 Å². The summed E-state index contributed by atoms with van der Waals surface area (Å²) in [5.41, 5.74) is 0.697. The maximum absolute atomic E-state index is 12.6. The monoisotopic (exact) mass is 389 g/mol. The Balaban J connectivity index is 1.91. The van der Waals surface area contributed by atoms with E-state index in [2.05, 4.69) is 10.6 Å². The van der Waals surface area contributed by atoms with Crippen molar-refractivity contribution in [2.24, 2.45) is 11.3 Å². The number of rotatable bonds is 6. The van der Waals surface area contributed by atoms with Gasteiger partial charge < -0.3 is 20.6 Å². The van der Waals surface area contributed by atoms with Gasteiger partial charge in [-0.3, -0.25) is 4.79 Å². The van der Waals surface area contributed by atoms with E-state index >= 15 is 0 Å². The largest absolute Gasteiger partial charge is 0.480 e. The van der Waals surface area contributed by atoms with Crippen molar-refractivity contribution < 1.29 is 19.5 Å². The highest BCUT2D eigenvalue weighted by molar-refractivity contribution is 5.90. The zero-order valence-corrected chi connectivity index (χ0v) is 16.9. The molecule has 3 amide bonds. The minimum absolute atomic E-state index is 0.00437. The number of anilines is 1. The van der Waals surface area contributed by atoms with Crippen LogP contribution in [0.1, 0.15) is 46.5 Å². The summed E-state index contributed by atoms with van der Waals surface area (Å²) in [5.74, 6) is -1.71. The number of piperidine rings is 1. The van der Waals surface area contributed by atoms with Gasteiger partial charge in [0.05, 0.1) is 5.92 Å². The number of carbonyl (C=O) groups is 3. The van der Waals surface area contributed by atoms with Gasteiger partial charge in [-0.2, -0.15) is 0 Å². The van der Waals surface area contributed by atoms with Gasteiger partial charge in [0.2, 0.25) is 5.91 Å². The molecule has 0 radical (unpaired) electrons. The summed E-state index contributed by atoms with van der Waals surface area (Å²) in [6, 6.07) is 8.01. The van der Waals surface area contributed by atoms with Gasteiger partial charge in [-0.15, -0.1) is 0 Å². The normalized spacial score (nSPS) is 18.2. The molecule has 1 aromatic carbocycles. The number of nitrogens with one attached hydrogen (secondary N) is 2. The molecule has 0 aliphatic carbocycles. The molecule has 3 N–H and O–H groups in total. The van der Waals surface area contributed by atoms with Crippen molar-refractivity contribution in [3.8, 4) is 0 Å². The number of benzene rings is 1. The van der Waals surface area contributed by atoms with Gasteiger partial charge in [0.25, 0.3) is 0 Å². The van der Waals surface area contributed by atoms with E-state index in [0.29, 0.717) is 37.9 Å². The Labute approximate surface area is 166 Å². The van der Waals surface area contributed by atoms with E-state index < -0.39 is 17.9 Å². The number of aliphatic carboxylic acids is 1. The summed E-state index contributed by atoms with van der Waals surface area (Å²) in [5, 5.41) is 14.9. The quantitative estimate of drug-likeness (QED) is 0.695. The van der Waals surface area contributed by atoms with Crippen molar-refractivity contribution in [2.45, 2.75) is 52.5 Å². The molecule has 1 aliphatic rings. The van der Waals surface area contributed by atoms with E-state index in [9.17, 15) is 19.5 Å². The summed E-state index contributed by atoms with van der Waals surface area (Å²) in [6.07, 6.45) is 2.43. The summed E-state index contributed by atoms with van der Waals surface area (Å²) in [6.45, 7) is 6.99. The van der Waals surface area contributed by atoms with Crippen LogP contribution in [-0.2, 0) is 9.59 Å². The van der Waals surface area contributed by atoms with E-state index in [0.717, 1.165) is 0 Å². The molecule has 0 spiro atoms. The number of amides is 3. The molecule has 1 heterocycles. The molecule has 1 saturated heterocycles. The van der Waals surface area contributed by atoms with E-state index in [1.165, 1.54) is 0 Å². The van der Waals surface area contributed by atoms with Crippen molar-refractivity contribution >= 4 is 23.6 Å². The zero-order valence-electron chi connectivity index (χ0n) is 16.9. The summed E-state index contributed by atoms with van der Waals surface area (Å²) >= 11 is 0. The SMILES string of the molecule is CC(C)(C)CCC(NC(=O)C1CCCN(C(=O)Nc2ccccc2)C1)C(=O)O. The second kappa shape index (κ2) is 9.57. The fraction of sp³-hybridized carbons (Fsp3) is 0.571. The van der Waals surface area contributed by atoms with Gasteiger partial charge in [-0.25, -0.2) is 9.59 Å². The number of hydrogen-bond donors (Lipinski definition) is 3. The van der Waals surface area contributed by atoms with Crippen molar-refractivity contribution in [3.05, 3.63) is 30.3 Å². The highest BCUT2D eigenvalue weighted by Crippen LogP contribution is 2.23. The van der Waals surface area contributed by atoms with Crippen LogP contribution in [0.2, 0.25) is 0 Å². The molecule has 0 aromatic heterocycles. The Morgan fingerprint density at radius 2 is 1.89 bits per heavy atom. The highest BCUT2D eigenvalue weighted by atomic mass is 16.4. The first-order valence-corrected chi connectivity index (χ1v) is 9.80. The molecule has 7 heteroatoms. The van der Waals surface area contributed by atoms with Crippen LogP contribution in [0.25, 0.3) is 0 Å². The molecule has 1 aliphatic heterocycles. The number of nitrogens with zero attached hydrogens (tertiary/aromatic N) is 1. The standard InChI is InChI=1S/C21H31N3O4/c1-21(2,3)12-11-17(19(26)27)23-18(25)15-8-7-13-24(14-15)20(28)22-16-9-5-4-6-10-16/h4-6,9-10,15,17H,7-8,11-14H2,1-3H3,(H,22,28)(H,23,25)(H,26,27). The number of urea groups is 1. The predicted molar refractivity (Wildman–Crippen MR) is 108 cm³/mol. The third-order valence-electron chi connectivity index (χ3n) is 4.90. The molecular weight excluding hydrogens is 358 g/mol. The fourth-order valence-electron chi connectivity index (χ4n) is 3.22. The predicted octanol–water partition coefficient (Wildman–Crippen LogP) is 3.33. The van der Waals surface area contributed by atoms with Crippen LogP contribution in [0.3, 0.4) is 0 Å². The molecule has 0 saturated carbocycles. The minimum atomic E-state index is -1.02. The second-order valence-electron chi connectivity index (χ2n) is 8.58. The van der Waals surface area contributed by atoms with Crippen LogP contribution in [0.5, 0.6) is 0 Å². The lowest BCUT2D eigenvalue weighted by Crippen LogP contribution is -2.50. The van der Waals surface area contributed by atoms with Crippen LogP contribution >= 0.6 is 0 Å². The fourth-order valence-corrected chi connectivity index (χ4v) is 3.22. The highest BCUT2D eigenvalue weighted by Gasteiger charge is 2.31. The summed E-state index contributed by atoms with van der Waals surface area (Å²) < 4.78 is 0. The molecule has 1 fully saturated rings. The smallest absolute Gasteiger partial charge is 0.326 e. The molecule has 28 heavy (non-hydrogen) atoms. The van der Waals surface area contributed by atoms with Crippen molar-refractivity contribution in [1.82, 2.24) is 10.2 Å². The van der Waals surface area contributed by atoms with Crippen LogP contribution in [0, 0.1) is 11.3 Å². The minimum Gasteiger partial charge on any atom is -0.480 e. The number of carbonyl (C=O) groups excluding carboxylic acids is 2. The molecule has 2 unspecified atom stereocenters. The number of carboxylic acids is 1. The molecule has 154 valence electrons. The molecule has 7 nitrogen and oxygen atoms in total. The maximum atomic E-state index is 12.6. The Morgan fingerprint density at radius 3 is 2.50 bits per heavy atom. The van der Waals surface area contributed by atoms with Crippen molar-refractivity contribution in [3.63, 3.8) is 0 Å². The van der Waals surface area contributed by atoms with Crippen molar-refractivity contribution in [2.75, 3.05) is 18.4 Å². The first-order valence-electron chi connectivity index (χ1n) is 9.80. The Hall–Kier alpha value is -2.57. The van der Waals surface area contributed by atoms with Gasteiger partial charge in [0, 0.05) is 18.8 Å². The second-order valence-corrected chi connectivity index (χ2v) is 8.58. The first-order chi connectivity index (χ1) is 13.2. The van der Waals surface area contributed by atoms with Crippen LogP contribution in [0.4, 0.5) is 10.5 Å². The van der Waals surface area contributed by atoms with Crippen LogP contribution in [0.15, 0.2) is 30.3 Å². The van der Waals surface area contributed by atoms with E-state index in [1.54, 1.807) is 17.0 Å². The number of para-hydroxylation sites is 1. The number of hydrogen-bond acceptors (Lipinski definition) is 3. The third-order valence-corrected chi connectivity index (χ3v) is 4.90. The summed E-state index contributed by atoms with van der Waals surface area (Å²) in [7, 11) is 0. The lowest BCUT2D eigenvalue weighted by atomic mass is 9.88. The zero-order chi connectivity index (χ0) is 20.7. The van der Waals surface area contributed by atoms with E-state index in [1.807, 2.05) is 39.0 Å². The molecule has 0 bridgehead atoms. The third kappa shape index (κ3) is 6.87. The maximum Gasteiger partial charge on any atom is 0.326 e. The van der Waals surface area contributed by atoms with Gasteiger partial charge in [0.15, 0.2) is 0 Å². The lowest BCUT2D eigenvalue weighted by Gasteiger charge is -2.32. The molecule has 2 atom stereocenters. The Morgan fingerprint density at radius 1 is 1.21 bits per heavy atom. The summed E-state index contributed by atoms with van der Waals surface area (Å²) in [4.78, 5) is 38.2. The topological polar surface area (TPSA) is 98.7 Å². The number of likely N-dealkylation sites (tertiary alicyclic amines) is 1. The average Bonchev–Trinajstić information content (AvgIpc) is 2.64. The van der Waals surface area contributed by atoms with E-state index in [4.69, 9.17) is 0 Å². The number of carboxylic acid groups (broad SMARTS) is 1. The van der Waals surface area contributed by atoms with Crippen molar-refractivity contribution in [1.29, 1.82) is 0 Å². The average molecular weight is 389 g/mol.